The molecule has 1 saturated heterocycles. The lowest BCUT2D eigenvalue weighted by Crippen LogP contribution is -2.27. The Kier molecular flexibility index (Phi) is 6.50. The lowest BCUT2D eigenvalue weighted by molar-refractivity contribution is -0.116. The van der Waals surface area contributed by atoms with Crippen molar-refractivity contribution in [2.24, 2.45) is 0 Å². The molecule has 1 fully saturated rings. The minimum absolute atomic E-state index is 0.0167. The second-order valence-electron chi connectivity index (χ2n) is 6.53. The third kappa shape index (κ3) is 4.89. The smallest absolute Gasteiger partial charge is 0.238 e. The molecule has 6 heteroatoms. The van der Waals surface area contributed by atoms with E-state index < -0.39 is 0 Å². The van der Waals surface area contributed by atoms with Gasteiger partial charge in [-0.2, -0.15) is 0 Å². The summed E-state index contributed by atoms with van der Waals surface area (Å²) in [5.41, 5.74) is 2.24. The molecule has 2 aromatic rings. The number of carbonyl (C=O) groups excluding carboxylic acids is 2. The summed E-state index contributed by atoms with van der Waals surface area (Å²) in [6.07, 6.45) is 3.55. The minimum Gasteiger partial charge on any atom is -0.326 e. The third-order valence-corrected chi connectivity index (χ3v) is 5.65. The third-order valence-electron chi connectivity index (χ3n) is 4.44. The fourth-order valence-corrected chi connectivity index (χ4v) is 4.24. The van der Waals surface area contributed by atoms with Crippen molar-refractivity contribution < 1.29 is 14.0 Å². The molecule has 2 aromatic carbocycles. The van der Waals surface area contributed by atoms with Gasteiger partial charge in [-0.3, -0.25) is 14.5 Å². The lowest BCUT2D eigenvalue weighted by Gasteiger charge is -2.24. The van der Waals surface area contributed by atoms with Gasteiger partial charge in [-0.05, 0) is 42.3 Å². The summed E-state index contributed by atoms with van der Waals surface area (Å²) in [7, 11) is 0. The van der Waals surface area contributed by atoms with E-state index in [0.29, 0.717) is 17.9 Å². The van der Waals surface area contributed by atoms with Crippen LogP contribution in [0.5, 0.6) is 0 Å². The van der Waals surface area contributed by atoms with Crippen LogP contribution >= 0.6 is 11.8 Å². The zero-order valence-electron chi connectivity index (χ0n) is 15.3. The van der Waals surface area contributed by atoms with Crippen molar-refractivity contribution in [2.75, 3.05) is 16.0 Å². The lowest BCUT2D eigenvalue weighted by atomic mass is 10.1. The number of halogens is 1. The highest BCUT2D eigenvalue weighted by molar-refractivity contribution is 8.00. The van der Waals surface area contributed by atoms with Crippen LogP contribution in [0.2, 0.25) is 0 Å². The van der Waals surface area contributed by atoms with E-state index in [2.05, 4.69) is 12.2 Å². The van der Waals surface area contributed by atoms with Gasteiger partial charge in [0.1, 0.15) is 11.2 Å². The summed E-state index contributed by atoms with van der Waals surface area (Å²) in [5, 5.41) is 2.70. The molecule has 1 atom stereocenters. The van der Waals surface area contributed by atoms with Crippen molar-refractivity contribution in [1.29, 1.82) is 0 Å². The highest BCUT2D eigenvalue weighted by Crippen LogP contribution is 2.42. The van der Waals surface area contributed by atoms with Gasteiger partial charge in [0.15, 0.2) is 0 Å². The molecular weight excluding hydrogens is 363 g/mol. The number of amides is 2. The van der Waals surface area contributed by atoms with Gasteiger partial charge in [-0.25, -0.2) is 4.39 Å². The van der Waals surface area contributed by atoms with E-state index in [1.807, 2.05) is 24.3 Å². The molecule has 0 radical (unpaired) electrons. The molecule has 142 valence electrons. The van der Waals surface area contributed by atoms with E-state index in [1.165, 1.54) is 23.9 Å². The van der Waals surface area contributed by atoms with E-state index in [1.54, 1.807) is 17.0 Å². The number of anilines is 2. The average molecular weight is 386 g/mol. The maximum atomic E-state index is 13.6. The maximum absolute atomic E-state index is 13.6. The number of unbranched alkanes of at least 4 members (excludes halogenated alkanes) is 2. The minimum atomic E-state index is -0.364. The monoisotopic (exact) mass is 386 g/mol. The van der Waals surface area contributed by atoms with Crippen LogP contribution in [0.1, 0.15) is 43.5 Å². The van der Waals surface area contributed by atoms with Crippen LogP contribution in [-0.4, -0.2) is 17.6 Å². The number of carbonyl (C=O) groups is 2. The Morgan fingerprint density at radius 1 is 1.22 bits per heavy atom. The standard InChI is InChI=1S/C21H23FN2O2S/c1-2-3-4-8-19(25)23-17-11-9-15(10-12-17)21-24(20(26)14-27-21)18-7-5-6-16(22)13-18/h5-7,9-13,21H,2-4,8,14H2,1H3,(H,23,25)/t21-/m1/s1. The van der Waals surface area contributed by atoms with Crippen molar-refractivity contribution in [3.8, 4) is 0 Å². The summed E-state index contributed by atoms with van der Waals surface area (Å²) < 4.78 is 13.6. The van der Waals surface area contributed by atoms with Crippen LogP contribution in [0.15, 0.2) is 48.5 Å². The first-order valence-corrected chi connectivity index (χ1v) is 10.2. The van der Waals surface area contributed by atoms with Crippen LogP contribution in [0.25, 0.3) is 0 Å². The number of nitrogens with one attached hydrogen (secondary N) is 1. The molecule has 0 saturated carbocycles. The van der Waals surface area contributed by atoms with Gasteiger partial charge >= 0.3 is 0 Å². The molecular formula is C21H23FN2O2S. The summed E-state index contributed by atoms with van der Waals surface area (Å²) >= 11 is 1.51. The number of thioether (sulfide) groups is 1. The Hall–Kier alpha value is -2.34. The van der Waals surface area contributed by atoms with Crippen molar-refractivity contribution in [3.63, 3.8) is 0 Å². The van der Waals surface area contributed by atoms with Gasteiger partial charge in [0.2, 0.25) is 11.8 Å². The van der Waals surface area contributed by atoms with E-state index in [4.69, 9.17) is 0 Å². The molecule has 27 heavy (non-hydrogen) atoms. The molecule has 0 aromatic heterocycles. The first-order valence-electron chi connectivity index (χ1n) is 9.17. The molecule has 3 rings (SSSR count). The van der Waals surface area contributed by atoms with Crippen molar-refractivity contribution >= 4 is 35.0 Å². The average Bonchev–Trinajstić information content (AvgIpc) is 3.04. The van der Waals surface area contributed by atoms with Gasteiger partial charge in [0, 0.05) is 17.8 Å². The van der Waals surface area contributed by atoms with Gasteiger partial charge < -0.3 is 5.32 Å². The number of nitrogens with zero attached hydrogens (tertiary/aromatic N) is 1. The number of hydrogen-bond donors (Lipinski definition) is 1. The molecule has 4 nitrogen and oxygen atoms in total. The van der Waals surface area contributed by atoms with Crippen molar-refractivity contribution in [1.82, 2.24) is 0 Å². The van der Waals surface area contributed by atoms with E-state index in [-0.39, 0.29) is 23.0 Å². The SMILES string of the molecule is CCCCCC(=O)Nc1ccc([C@H]2SCC(=O)N2c2cccc(F)c2)cc1. The maximum Gasteiger partial charge on any atom is 0.238 e. The highest BCUT2D eigenvalue weighted by Gasteiger charge is 2.34. The second kappa shape index (κ2) is 9.04. The van der Waals surface area contributed by atoms with Crippen molar-refractivity contribution in [2.45, 2.75) is 38.0 Å². The zero-order chi connectivity index (χ0) is 19.2. The molecule has 0 bridgehead atoms. The fraction of sp³-hybridized carbons (Fsp3) is 0.333. The quantitative estimate of drug-likeness (QED) is 0.672. The summed E-state index contributed by atoms with van der Waals surface area (Å²) in [5.74, 6) is -0.0270. The Labute approximate surface area is 163 Å². The molecule has 0 unspecified atom stereocenters. The second-order valence-corrected chi connectivity index (χ2v) is 7.60. The van der Waals surface area contributed by atoms with E-state index >= 15 is 0 Å². The molecule has 0 aliphatic carbocycles. The Morgan fingerprint density at radius 2 is 2.00 bits per heavy atom. The molecule has 0 spiro atoms. The first-order chi connectivity index (χ1) is 13.1. The van der Waals surface area contributed by atoms with Crippen LogP contribution in [0.3, 0.4) is 0 Å². The van der Waals surface area contributed by atoms with Crippen LogP contribution in [-0.2, 0) is 9.59 Å². The van der Waals surface area contributed by atoms with Crippen molar-refractivity contribution in [3.05, 3.63) is 59.9 Å². The predicted octanol–water partition coefficient (Wildman–Crippen LogP) is 5.12. The molecule has 1 aliphatic heterocycles. The Balaban J connectivity index is 1.70. The van der Waals surface area contributed by atoms with Gasteiger partial charge in [-0.1, -0.05) is 38.0 Å². The van der Waals surface area contributed by atoms with Crippen LogP contribution in [0.4, 0.5) is 15.8 Å². The molecule has 1 aliphatic rings. The van der Waals surface area contributed by atoms with E-state index in [9.17, 15) is 14.0 Å². The van der Waals surface area contributed by atoms with Gasteiger partial charge in [-0.15, -0.1) is 11.8 Å². The highest BCUT2D eigenvalue weighted by atomic mass is 32.2. The first kappa shape index (κ1) is 19.4. The summed E-state index contributed by atoms with van der Waals surface area (Å²) in [4.78, 5) is 25.9. The topological polar surface area (TPSA) is 49.4 Å². The van der Waals surface area contributed by atoms with Crippen LogP contribution < -0.4 is 10.2 Å². The molecule has 2 amide bonds. The Bertz CT molecular complexity index is 810. The van der Waals surface area contributed by atoms with Gasteiger partial charge in [0.25, 0.3) is 0 Å². The number of benzene rings is 2. The molecule has 1 N–H and O–H groups in total. The molecule has 1 heterocycles. The number of rotatable bonds is 7. The largest absolute Gasteiger partial charge is 0.326 e. The zero-order valence-corrected chi connectivity index (χ0v) is 16.1. The normalized spacial score (nSPS) is 16.6. The summed E-state index contributed by atoms with van der Waals surface area (Å²) in [6, 6.07) is 13.6. The van der Waals surface area contributed by atoms with Crippen LogP contribution in [0, 0.1) is 5.82 Å². The van der Waals surface area contributed by atoms with Gasteiger partial charge in [0.05, 0.1) is 5.75 Å². The Morgan fingerprint density at radius 3 is 2.70 bits per heavy atom. The predicted molar refractivity (Wildman–Crippen MR) is 108 cm³/mol. The number of hydrogen-bond acceptors (Lipinski definition) is 3. The fourth-order valence-electron chi connectivity index (χ4n) is 3.07. The van der Waals surface area contributed by atoms with E-state index in [0.717, 1.165) is 30.5 Å². The summed E-state index contributed by atoms with van der Waals surface area (Å²) in [6.45, 7) is 2.11.